The van der Waals surface area contributed by atoms with Crippen LogP contribution < -0.4 is 5.32 Å². The molecule has 1 aromatic heterocycles. The maximum atomic E-state index is 4.84. The molecule has 1 N–H and O–H groups in total. The fraction of sp³-hybridized carbons (Fsp3) is 0.471. The number of rotatable bonds is 6. The lowest BCUT2D eigenvalue weighted by molar-refractivity contribution is 0.584. The third kappa shape index (κ3) is 3.74. The van der Waals surface area contributed by atoms with Crippen molar-refractivity contribution in [3.8, 4) is 5.69 Å². The van der Waals surface area contributed by atoms with Crippen molar-refractivity contribution in [2.24, 2.45) is 0 Å². The molecule has 0 radical (unpaired) electrons. The minimum absolute atomic E-state index is 0.482. The van der Waals surface area contributed by atoms with Crippen molar-refractivity contribution in [3.05, 3.63) is 45.7 Å². The number of aryl methyl sites for hydroxylation is 1. The van der Waals surface area contributed by atoms with Crippen molar-refractivity contribution in [2.45, 2.75) is 53.1 Å². The van der Waals surface area contributed by atoms with Crippen LogP contribution in [0.15, 0.2) is 28.7 Å². The highest BCUT2D eigenvalue weighted by molar-refractivity contribution is 9.10. The molecule has 0 amide bonds. The van der Waals surface area contributed by atoms with Crippen LogP contribution in [0.25, 0.3) is 5.69 Å². The van der Waals surface area contributed by atoms with E-state index in [4.69, 9.17) is 5.10 Å². The molecule has 2 rings (SSSR count). The maximum Gasteiger partial charge on any atom is 0.0674 e. The van der Waals surface area contributed by atoms with Gasteiger partial charge in [-0.3, -0.25) is 0 Å². The van der Waals surface area contributed by atoms with Crippen LogP contribution in [0.2, 0.25) is 0 Å². The van der Waals surface area contributed by atoms with Crippen LogP contribution in [0.5, 0.6) is 0 Å². The van der Waals surface area contributed by atoms with Gasteiger partial charge in [-0.15, -0.1) is 0 Å². The summed E-state index contributed by atoms with van der Waals surface area (Å²) in [5, 5.41) is 8.36. The summed E-state index contributed by atoms with van der Waals surface area (Å²) >= 11 is 3.49. The Hall–Kier alpha value is -1.13. The molecule has 0 atom stereocenters. The number of aromatic nitrogens is 2. The van der Waals surface area contributed by atoms with Gasteiger partial charge in [-0.2, -0.15) is 5.10 Å². The SMILES string of the molecule is CCc1nn(-c2ccc(Br)cc2)c(CC)c1CNC(C)C. The van der Waals surface area contributed by atoms with Gasteiger partial charge < -0.3 is 5.32 Å². The van der Waals surface area contributed by atoms with Crippen molar-refractivity contribution in [2.75, 3.05) is 0 Å². The Labute approximate surface area is 135 Å². The second-order valence-electron chi connectivity index (χ2n) is 5.50. The number of halogens is 1. The molecule has 0 aliphatic heterocycles. The van der Waals surface area contributed by atoms with E-state index in [1.54, 1.807) is 0 Å². The van der Waals surface area contributed by atoms with Crippen LogP contribution in [-0.4, -0.2) is 15.8 Å². The zero-order chi connectivity index (χ0) is 15.4. The van der Waals surface area contributed by atoms with Crippen molar-refractivity contribution in [1.29, 1.82) is 0 Å². The molecule has 0 unspecified atom stereocenters. The van der Waals surface area contributed by atoms with Gasteiger partial charge in [-0.05, 0) is 37.1 Å². The summed E-state index contributed by atoms with van der Waals surface area (Å²) in [7, 11) is 0. The second kappa shape index (κ2) is 7.23. The van der Waals surface area contributed by atoms with E-state index in [9.17, 15) is 0 Å². The molecule has 0 saturated heterocycles. The summed E-state index contributed by atoms with van der Waals surface area (Å²) in [5.41, 5.74) is 4.99. The molecule has 1 aromatic carbocycles. The average Bonchev–Trinajstić information content (AvgIpc) is 2.83. The molecule has 0 saturated carbocycles. The first-order chi connectivity index (χ1) is 10.1. The van der Waals surface area contributed by atoms with E-state index in [0.717, 1.165) is 29.5 Å². The van der Waals surface area contributed by atoms with E-state index in [0.29, 0.717) is 6.04 Å². The van der Waals surface area contributed by atoms with E-state index in [1.165, 1.54) is 17.0 Å². The van der Waals surface area contributed by atoms with Crippen LogP contribution in [0.1, 0.15) is 44.6 Å². The first-order valence-corrected chi connectivity index (χ1v) is 8.45. The highest BCUT2D eigenvalue weighted by Crippen LogP contribution is 2.22. The Balaban J connectivity index is 2.44. The maximum absolute atomic E-state index is 4.84. The molecular weight excluding hydrogens is 326 g/mol. The fourth-order valence-electron chi connectivity index (χ4n) is 2.49. The molecule has 114 valence electrons. The van der Waals surface area contributed by atoms with E-state index in [1.807, 2.05) is 0 Å². The first-order valence-electron chi connectivity index (χ1n) is 7.65. The number of nitrogens with zero attached hydrogens (tertiary/aromatic N) is 2. The smallest absolute Gasteiger partial charge is 0.0674 e. The molecule has 0 bridgehead atoms. The Morgan fingerprint density at radius 1 is 1.14 bits per heavy atom. The van der Waals surface area contributed by atoms with Gasteiger partial charge in [-0.25, -0.2) is 4.68 Å². The summed E-state index contributed by atoms with van der Waals surface area (Å²) < 4.78 is 3.19. The number of nitrogens with one attached hydrogen (secondary N) is 1. The zero-order valence-corrected chi connectivity index (χ0v) is 14.9. The molecule has 0 aliphatic rings. The zero-order valence-electron chi connectivity index (χ0n) is 13.3. The summed E-state index contributed by atoms with van der Waals surface area (Å²) in [5.74, 6) is 0. The molecule has 21 heavy (non-hydrogen) atoms. The quantitative estimate of drug-likeness (QED) is 0.844. The molecule has 3 nitrogen and oxygen atoms in total. The Morgan fingerprint density at radius 3 is 2.33 bits per heavy atom. The van der Waals surface area contributed by atoms with E-state index < -0.39 is 0 Å². The van der Waals surface area contributed by atoms with Gasteiger partial charge in [0.05, 0.1) is 11.4 Å². The molecule has 0 spiro atoms. The highest BCUT2D eigenvalue weighted by atomic mass is 79.9. The van der Waals surface area contributed by atoms with Crippen LogP contribution in [-0.2, 0) is 19.4 Å². The van der Waals surface area contributed by atoms with Gasteiger partial charge in [0, 0.05) is 28.3 Å². The van der Waals surface area contributed by atoms with Gasteiger partial charge in [-0.1, -0.05) is 43.6 Å². The topological polar surface area (TPSA) is 29.9 Å². The lowest BCUT2D eigenvalue weighted by Gasteiger charge is -2.11. The fourth-order valence-corrected chi connectivity index (χ4v) is 2.75. The summed E-state index contributed by atoms with van der Waals surface area (Å²) in [6.45, 7) is 9.62. The third-order valence-corrected chi connectivity index (χ3v) is 4.13. The van der Waals surface area contributed by atoms with Gasteiger partial charge in [0.15, 0.2) is 0 Å². The largest absolute Gasteiger partial charge is 0.310 e. The van der Waals surface area contributed by atoms with Gasteiger partial charge in [0.1, 0.15) is 0 Å². The summed E-state index contributed by atoms with van der Waals surface area (Å²) in [6, 6.07) is 8.82. The van der Waals surface area contributed by atoms with Crippen LogP contribution >= 0.6 is 15.9 Å². The monoisotopic (exact) mass is 349 g/mol. The summed E-state index contributed by atoms with van der Waals surface area (Å²) in [4.78, 5) is 0. The number of hydrogen-bond donors (Lipinski definition) is 1. The molecule has 1 heterocycles. The molecule has 2 aromatic rings. The van der Waals surface area contributed by atoms with E-state index in [-0.39, 0.29) is 0 Å². The second-order valence-corrected chi connectivity index (χ2v) is 6.42. The number of benzene rings is 1. The van der Waals surface area contributed by atoms with Crippen LogP contribution in [0.4, 0.5) is 0 Å². The predicted molar refractivity (Wildman–Crippen MR) is 92.0 cm³/mol. The van der Waals surface area contributed by atoms with Crippen molar-refractivity contribution >= 4 is 15.9 Å². The Bertz CT molecular complexity index is 585. The van der Waals surface area contributed by atoms with E-state index in [2.05, 4.69) is 77.9 Å². The Kier molecular flexibility index (Phi) is 5.59. The lowest BCUT2D eigenvalue weighted by atomic mass is 10.1. The van der Waals surface area contributed by atoms with Crippen LogP contribution in [0, 0.1) is 0 Å². The predicted octanol–water partition coefficient (Wildman–Crippen LogP) is 4.26. The normalized spacial score (nSPS) is 11.3. The average molecular weight is 350 g/mol. The molecule has 0 aliphatic carbocycles. The first kappa shape index (κ1) is 16.2. The third-order valence-electron chi connectivity index (χ3n) is 3.60. The Morgan fingerprint density at radius 2 is 1.81 bits per heavy atom. The minimum atomic E-state index is 0.482. The molecule has 4 heteroatoms. The lowest BCUT2D eigenvalue weighted by Crippen LogP contribution is -2.23. The summed E-state index contributed by atoms with van der Waals surface area (Å²) in [6.07, 6.45) is 1.95. The minimum Gasteiger partial charge on any atom is -0.310 e. The number of hydrogen-bond acceptors (Lipinski definition) is 2. The van der Waals surface area contributed by atoms with E-state index >= 15 is 0 Å². The van der Waals surface area contributed by atoms with Gasteiger partial charge >= 0.3 is 0 Å². The molecular formula is C17H24BrN3. The van der Waals surface area contributed by atoms with Gasteiger partial charge in [0.25, 0.3) is 0 Å². The van der Waals surface area contributed by atoms with Crippen molar-refractivity contribution in [3.63, 3.8) is 0 Å². The molecule has 0 fully saturated rings. The van der Waals surface area contributed by atoms with Crippen LogP contribution in [0.3, 0.4) is 0 Å². The van der Waals surface area contributed by atoms with Crippen molar-refractivity contribution in [1.82, 2.24) is 15.1 Å². The highest BCUT2D eigenvalue weighted by Gasteiger charge is 2.16. The van der Waals surface area contributed by atoms with Crippen molar-refractivity contribution < 1.29 is 0 Å². The standard InChI is InChI=1S/C17H24BrN3/c1-5-16-15(11-19-12(3)4)17(6-2)21(20-16)14-9-7-13(18)8-10-14/h7-10,12,19H,5-6,11H2,1-4H3. The van der Waals surface area contributed by atoms with Gasteiger partial charge in [0.2, 0.25) is 0 Å².